The summed E-state index contributed by atoms with van der Waals surface area (Å²) in [5.74, 6) is -0.281. The number of hydrogen-bond donors (Lipinski definition) is 0. The van der Waals surface area contributed by atoms with Crippen molar-refractivity contribution in [1.82, 2.24) is 0 Å². The lowest BCUT2D eigenvalue weighted by Crippen LogP contribution is -2.27. The summed E-state index contributed by atoms with van der Waals surface area (Å²) in [6.07, 6.45) is 0. The Hall–Kier alpha value is -2.95. The molecule has 0 unspecified atom stereocenters. The van der Waals surface area contributed by atoms with E-state index in [0.717, 1.165) is 5.56 Å². The van der Waals surface area contributed by atoms with E-state index >= 15 is 0 Å². The lowest BCUT2D eigenvalue weighted by Gasteiger charge is -2.10. The van der Waals surface area contributed by atoms with E-state index < -0.39 is 0 Å². The smallest absolute Gasteiger partial charge is 0.302 e. The van der Waals surface area contributed by atoms with Gasteiger partial charge >= 0.3 is 5.91 Å². The van der Waals surface area contributed by atoms with Crippen LogP contribution < -0.4 is 5.01 Å². The molecule has 5 heteroatoms. The van der Waals surface area contributed by atoms with Crippen molar-refractivity contribution in [2.75, 3.05) is 5.01 Å². The van der Waals surface area contributed by atoms with E-state index in [9.17, 15) is 4.79 Å². The van der Waals surface area contributed by atoms with Gasteiger partial charge in [-0.25, -0.2) is 0 Å². The maximum Gasteiger partial charge on any atom is 0.302 e. The minimum Gasteiger partial charge on any atom is -0.390 e. The number of benzene rings is 2. The van der Waals surface area contributed by atoms with E-state index in [0.29, 0.717) is 18.0 Å². The Morgan fingerprint density at radius 3 is 2.36 bits per heavy atom. The molecular formula is C17H15N3O2. The average molecular weight is 293 g/mol. The molecule has 1 aliphatic rings. The predicted octanol–water partition coefficient (Wildman–Crippen LogP) is 2.98. The Kier molecular flexibility index (Phi) is 3.96. The fraction of sp³-hybridized carbons (Fsp3) is 0.118. The highest BCUT2D eigenvalue weighted by atomic mass is 16.6. The Morgan fingerprint density at radius 1 is 1.05 bits per heavy atom. The van der Waals surface area contributed by atoms with Gasteiger partial charge in [0, 0.05) is 0 Å². The van der Waals surface area contributed by atoms with Crippen LogP contribution in [0.25, 0.3) is 0 Å². The van der Waals surface area contributed by atoms with Gasteiger partial charge in [-0.3, -0.25) is 4.79 Å². The molecule has 0 aromatic heterocycles. The van der Waals surface area contributed by atoms with Crippen molar-refractivity contribution in [2.45, 2.75) is 13.5 Å². The summed E-state index contributed by atoms with van der Waals surface area (Å²) in [4.78, 5) is 17.6. The molecular weight excluding hydrogens is 278 g/mol. The number of nitrogens with zero attached hydrogens (tertiary/aromatic N) is 3. The van der Waals surface area contributed by atoms with E-state index in [1.165, 1.54) is 5.01 Å². The van der Waals surface area contributed by atoms with E-state index in [4.69, 9.17) is 4.84 Å². The summed E-state index contributed by atoms with van der Waals surface area (Å²) in [7, 11) is 0. The standard InChI is InChI=1S/C17H15N3O2/c1-13-16(19-22-12-14-8-4-2-5-9-14)17(21)20(18-13)15-10-6-3-7-11-15/h2-11H,12H2,1H3. The number of anilines is 1. The highest BCUT2D eigenvalue weighted by Crippen LogP contribution is 2.19. The second-order valence-corrected chi connectivity index (χ2v) is 4.84. The molecule has 3 rings (SSSR count). The number of carbonyl (C=O) groups excluding carboxylic acids is 1. The van der Waals surface area contributed by atoms with E-state index in [-0.39, 0.29) is 11.6 Å². The third kappa shape index (κ3) is 2.88. The largest absolute Gasteiger partial charge is 0.390 e. The molecule has 0 bridgehead atoms. The normalized spacial score (nSPS) is 16.0. The van der Waals surface area contributed by atoms with Crippen molar-refractivity contribution >= 4 is 23.0 Å². The molecule has 1 amide bonds. The van der Waals surface area contributed by atoms with Crippen molar-refractivity contribution in [3.8, 4) is 0 Å². The second kappa shape index (κ2) is 6.22. The van der Waals surface area contributed by atoms with E-state index in [1.807, 2.05) is 60.7 Å². The van der Waals surface area contributed by atoms with Gasteiger partial charge in [0.15, 0.2) is 5.71 Å². The lowest BCUT2D eigenvalue weighted by molar-refractivity contribution is -0.112. The summed E-state index contributed by atoms with van der Waals surface area (Å²) >= 11 is 0. The molecule has 1 aliphatic heterocycles. The van der Waals surface area contributed by atoms with Gasteiger partial charge in [-0.05, 0) is 24.6 Å². The van der Waals surface area contributed by atoms with Crippen LogP contribution in [0.15, 0.2) is 70.9 Å². The number of carbonyl (C=O) groups is 1. The summed E-state index contributed by atoms with van der Waals surface area (Å²) in [6.45, 7) is 2.06. The summed E-state index contributed by atoms with van der Waals surface area (Å²) in [5.41, 5.74) is 2.48. The van der Waals surface area contributed by atoms with Crippen molar-refractivity contribution in [3.05, 3.63) is 66.2 Å². The van der Waals surface area contributed by atoms with Crippen LogP contribution in [0.5, 0.6) is 0 Å². The zero-order chi connectivity index (χ0) is 15.4. The second-order valence-electron chi connectivity index (χ2n) is 4.84. The molecule has 2 aromatic rings. The van der Waals surface area contributed by atoms with Crippen molar-refractivity contribution in [1.29, 1.82) is 0 Å². The van der Waals surface area contributed by atoms with Gasteiger partial charge in [0.25, 0.3) is 0 Å². The average Bonchev–Trinajstić information content (AvgIpc) is 2.85. The summed E-state index contributed by atoms with van der Waals surface area (Å²) in [6, 6.07) is 18.9. The molecule has 110 valence electrons. The SMILES string of the molecule is CC1=NN(c2ccccc2)C(=O)C1=NOCc1ccccc1. The highest BCUT2D eigenvalue weighted by molar-refractivity contribution is 6.71. The maximum atomic E-state index is 12.4. The molecule has 0 aliphatic carbocycles. The van der Waals surface area contributed by atoms with E-state index in [2.05, 4.69) is 10.3 Å². The molecule has 1 heterocycles. The maximum absolute atomic E-state index is 12.4. The monoisotopic (exact) mass is 293 g/mol. The van der Waals surface area contributed by atoms with Crippen molar-refractivity contribution in [3.63, 3.8) is 0 Å². The Balaban J connectivity index is 1.71. The molecule has 5 nitrogen and oxygen atoms in total. The third-order valence-corrected chi connectivity index (χ3v) is 3.22. The predicted molar refractivity (Wildman–Crippen MR) is 85.7 cm³/mol. The van der Waals surface area contributed by atoms with Crippen LogP contribution in [0, 0.1) is 0 Å². The molecule has 0 saturated heterocycles. The number of hydrazone groups is 1. The quantitative estimate of drug-likeness (QED) is 0.814. The number of amides is 1. The third-order valence-electron chi connectivity index (χ3n) is 3.22. The first-order valence-electron chi connectivity index (χ1n) is 6.94. The van der Waals surface area contributed by atoms with Crippen LogP contribution in [-0.4, -0.2) is 17.3 Å². The fourth-order valence-electron chi connectivity index (χ4n) is 2.09. The molecule has 22 heavy (non-hydrogen) atoms. The zero-order valence-corrected chi connectivity index (χ0v) is 12.1. The first kappa shape index (κ1) is 14.0. The number of para-hydroxylation sites is 1. The first-order chi connectivity index (χ1) is 10.8. The molecule has 0 radical (unpaired) electrons. The van der Waals surface area contributed by atoms with Gasteiger partial charge < -0.3 is 4.84 Å². The number of rotatable bonds is 4. The topological polar surface area (TPSA) is 54.3 Å². The number of oxime groups is 1. The highest BCUT2D eigenvalue weighted by Gasteiger charge is 2.31. The van der Waals surface area contributed by atoms with Crippen LogP contribution in [0.2, 0.25) is 0 Å². The van der Waals surface area contributed by atoms with Crippen molar-refractivity contribution in [2.24, 2.45) is 10.3 Å². The lowest BCUT2D eigenvalue weighted by atomic mass is 10.2. The fourth-order valence-corrected chi connectivity index (χ4v) is 2.09. The van der Waals surface area contributed by atoms with Gasteiger partial charge in [0.1, 0.15) is 6.61 Å². The Bertz CT molecular complexity index is 724. The molecule has 0 spiro atoms. The zero-order valence-electron chi connectivity index (χ0n) is 12.1. The first-order valence-corrected chi connectivity index (χ1v) is 6.94. The Labute approximate surface area is 128 Å². The van der Waals surface area contributed by atoms with Crippen molar-refractivity contribution < 1.29 is 9.63 Å². The van der Waals surface area contributed by atoms with E-state index in [1.54, 1.807) is 6.92 Å². The van der Waals surface area contributed by atoms with Crippen LogP contribution in [0.3, 0.4) is 0 Å². The Morgan fingerprint density at radius 2 is 1.68 bits per heavy atom. The summed E-state index contributed by atoms with van der Waals surface area (Å²) in [5, 5.41) is 9.52. The molecule has 2 aromatic carbocycles. The summed E-state index contributed by atoms with van der Waals surface area (Å²) < 4.78 is 0. The minimum atomic E-state index is -0.281. The van der Waals surface area contributed by atoms with Crippen LogP contribution in [-0.2, 0) is 16.2 Å². The van der Waals surface area contributed by atoms with Crippen LogP contribution in [0.4, 0.5) is 5.69 Å². The molecule has 0 saturated carbocycles. The molecule has 0 fully saturated rings. The number of hydrogen-bond acceptors (Lipinski definition) is 4. The molecule has 0 N–H and O–H groups in total. The molecule has 0 atom stereocenters. The van der Waals surface area contributed by atoms with Crippen LogP contribution in [0.1, 0.15) is 12.5 Å². The minimum absolute atomic E-state index is 0.236. The van der Waals surface area contributed by atoms with Crippen LogP contribution >= 0.6 is 0 Å². The van der Waals surface area contributed by atoms with Gasteiger partial charge in [-0.1, -0.05) is 53.7 Å². The van der Waals surface area contributed by atoms with Gasteiger partial charge in [0.2, 0.25) is 0 Å². The van der Waals surface area contributed by atoms with Gasteiger partial charge in [-0.2, -0.15) is 10.1 Å². The van der Waals surface area contributed by atoms with Gasteiger partial charge in [-0.15, -0.1) is 0 Å². The van der Waals surface area contributed by atoms with Gasteiger partial charge in [0.05, 0.1) is 11.4 Å².